The third kappa shape index (κ3) is 6.64. The molecule has 1 atom stereocenters. The van der Waals surface area contributed by atoms with Gasteiger partial charge in [-0.2, -0.15) is 0 Å². The molecule has 1 fully saturated rings. The van der Waals surface area contributed by atoms with Crippen LogP contribution in [-0.4, -0.2) is 32.0 Å². The fourth-order valence-corrected chi connectivity index (χ4v) is 1.90. The molecule has 1 N–H and O–H groups in total. The second-order valence-electron chi connectivity index (χ2n) is 4.53. The summed E-state index contributed by atoms with van der Waals surface area (Å²) >= 11 is 0. The standard InChI is InChI=1S/C13H25NO3/c1-2-3-4-5-6-7-10-16-11-17-12-8-9-14-13(12)15/h12H,2-11H2,1H3,(H,14,15). The van der Waals surface area contributed by atoms with Crippen molar-refractivity contribution in [2.75, 3.05) is 19.9 Å². The Morgan fingerprint density at radius 3 is 2.71 bits per heavy atom. The van der Waals surface area contributed by atoms with E-state index in [0.717, 1.165) is 26.0 Å². The van der Waals surface area contributed by atoms with Crippen molar-refractivity contribution in [2.24, 2.45) is 0 Å². The van der Waals surface area contributed by atoms with Crippen LogP contribution in [0.25, 0.3) is 0 Å². The first kappa shape index (κ1) is 14.5. The van der Waals surface area contributed by atoms with E-state index in [1.54, 1.807) is 0 Å². The van der Waals surface area contributed by atoms with Gasteiger partial charge in [0.2, 0.25) is 5.91 Å². The highest BCUT2D eigenvalue weighted by molar-refractivity contribution is 5.82. The molecule has 1 saturated heterocycles. The highest BCUT2D eigenvalue weighted by atomic mass is 16.7. The average Bonchev–Trinajstić information content (AvgIpc) is 2.73. The molecule has 4 nitrogen and oxygen atoms in total. The van der Waals surface area contributed by atoms with Crippen LogP contribution in [0.3, 0.4) is 0 Å². The highest BCUT2D eigenvalue weighted by Crippen LogP contribution is 2.06. The molecule has 0 aromatic rings. The Morgan fingerprint density at radius 2 is 2.00 bits per heavy atom. The van der Waals surface area contributed by atoms with Gasteiger partial charge in [0.05, 0.1) is 0 Å². The van der Waals surface area contributed by atoms with E-state index in [-0.39, 0.29) is 18.8 Å². The molecule has 4 heteroatoms. The molecule has 0 bridgehead atoms. The normalized spacial score (nSPS) is 19.6. The molecular weight excluding hydrogens is 218 g/mol. The summed E-state index contributed by atoms with van der Waals surface area (Å²) in [5.74, 6) is -0.00633. The molecule has 0 aliphatic carbocycles. The zero-order valence-corrected chi connectivity index (χ0v) is 10.9. The zero-order valence-electron chi connectivity index (χ0n) is 10.9. The molecule has 1 aliphatic rings. The van der Waals surface area contributed by atoms with Gasteiger partial charge in [0.15, 0.2) is 0 Å². The van der Waals surface area contributed by atoms with E-state index in [9.17, 15) is 4.79 Å². The van der Waals surface area contributed by atoms with Crippen molar-refractivity contribution in [1.29, 1.82) is 0 Å². The molecule has 0 aromatic heterocycles. The number of unbranched alkanes of at least 4 members (excludes halogenated alkanes) is 5. The highest BCUT2D eigenvalue weighted by Gasteiger charge is 2.24. The number of carbonyl (C=O) groups is 1. The van der Waals surface area contributed by atoms with Crippen LogP contribution in [0.1, 0.15) is 51.9 Å². The number of nitrogens with one attached hydrogen (secondary N) is 1. The second kappa shape index (κ2) is 9.42. The lowest BCUT2D eigenvalue weighted by Gasteiger charge is -2.09. The van der Waals surface area contributed by atoms with Gasteiger partial charge >= 0.3 is 0 Å². The largest absolute Gasteiger partial charge is 0.355 e. The van der Waals surface area contributed by atoms with Crippen LogP contribution in [0.15, 0.2) is 0 Å². The minimum Gasteiger partial charge on any atom is -0.355 e. The fraction of sp³-hybridized carbons (Fsp3) is 0.923. The van der Waals surface area contributed by atoms with Crippen molar-refractivity contribution in [3.63, 3.8) is 0 Å². The summed E-state index contributed by atoms with van der Waals surface area (Å²) in [5, 5.41) is 2.73. The van der Waals surface area contributed by atoms with Gasteiger partial charge in [-0.25, -0.2) is 0 Å². The van der Waals surface area contributed by atoms with E-state index in [1.807, 2.05) is 0 Å². The Bertz CT molecular complexity index is 209. The van der Waals surface area contributed by atoms with Crippen molar-refractivity contribution in [3.8, 4) is 0 Å². The minimum absolute atomic E-state index is 0.00633. The Balaban J connectivity index is 1.80. The van der Waals surface area contributed by atoms with E-state index in [1.165, 1.54) is 32.1 Å². The molecular formula is C13H25NO3. The van der Waals surface area contributed by atoms with Gasteiger partial charge in [0.1, 0.15) is 12.9 Å². The van der Waals surface area contributed by atoms with Crippen LogP contribution in [0, 0.1) is 0 Å². The van der Waals surface area contributed by atoms with Crippen LogP contribution in [-0.2, 0) is 14.3 Å². The molecule has 100 valence electrons. The second-order valence-corrected chi connectivity index (χ2v) is 4.53. The first-order valence-corrected chi connectivity index (χ1v) is 6.81. The fourth-order valence-electron chi connectivity index (χ4n) is 1.90. The lowest BCUT2D eigenvalue weighted by Crippen LogP contribution is -2.26. The minimum atomic E-state index is -0.292. The molecule has 0 radical (unpaired) electrons. The number of hydrogen-bond donors (Lipinski definition) is 1. The monoisotopic (exact) mass is 243 g/mol. The number of hydrogen-bond acceptors (Lipinski definition) is 3. The van der Waals surface area contributed by atoms with Crippen LogP contribution in [0.2, 0.25) is 0 Å². The van der Waals surface area contributed by atoms with Gasteiger partial charge in [-0.1, -0.05) is 39.0 Å². The van der Waals surface area contributed by atoms with Crippen LogP contribution in [0.4, 0.5) is 0 Å². The van der Waals surface area contributed by atoms with Crippen molar-refractivity contribution < 1.29 is 14.3 Å². The summed E-state index contributed by atoms with van der Waals surface area (Å²) in [6, 6.07) is 0. The number of ether oxygens (including phenoxy) is 2. The molecule has 1 heterocycles. The summed E-state index contributed by atoms with van der Waals surface area (Å²) in [5.41, 5.74) is 0. The smallest absolute Gasteiger partial charge is 0.249 e. The molecule has 1 aliphatic heterocycles. The summed E-state index contributed by atoms with van der Waals surface area (Å²) in [7, 11) is 0. The Morgan fingerprint density at radius 1 is 1.24 bits per heavy atom. The van der Waals surface area contributed by atoms with E-state index < -0.39 is 0 Å². The first-order chi connectivity index (χ1) is 8.34. The number of carbonyl (C=O) groups excluding carboxylic acids is 1. The van der Waals surface area contributed by atoms with Gasteiger partial charge in [-0.05, 0) is 6.42 Å². The summed E-state index contributed by atoms with van der Waals surface area (Å²) in [6.07, 6.45) is 8.03. The Hall–Kier alpha value is -0.610. The predicted octanol–water partition coefficient (Wildman–Crippen LogP) is 2.23. The molecule has 1 unspecified atom stereocenters. The average molecular weight is 243 g/mol. The van der Waals surface area contributed by atoms with E-state index in [2.05, 4.69) is 12.2 Å². The van der Waals surface area contributed by atoms with E-state index >= 15 is 0 Å². The van der Waals surface area contributed by atoms with Crippen molar-refractivity contribution in [1.82, 2.24) is 5.32 Å². The summed E-state index contributed by atoms with van der Waals surface area (Å²) in [6.45, 7) is 3.92. The zero-order chi connectivity index (χ0) is 12.3. The Labute approximate surface area is 104 Å². The summed E-state index contributed by atoms with van der Waals surface area (Å²) < 4.78 is 10.7. The third-order valence-electron chi connectivity index (χ3n) is 2.99. The maximum atomic E-state index is 11.1. The van der Waals surface area contributed by atoms with Crippen molar-refractivity contribution >= 4 is 5.91 Å². The molecule has 0 spiro atoms. The molecule has 0 saturated carbocycles. The quantitative estimate of drug-likeness (QED) is 0.473. The topological polar surface area (TPSA) is 47.6 Å². The maximum absolute atomic E-state index is 11.1. The van der Waals surface area contributed by atoms with Gasteiger partial charge in [0.25, 0.3) is 0 Å². The van der Waals surface area contributed by atoms with Crippen molar-refractivity contribution in [2.45, 2.75) is 58.0 Å². The van der Waals surface area contributed by atoms with Crippen LogP contribution in [0.5, 0.6) is 0 Å². The van der Waals surface area contributed by atoms with E-state index in [0.29, 0.717) is 0 Å². The van der Waals surface area contributed by atoms with Gasteiger partial charge in [0, 0.05) is 19.6 Å². The third-order valence-corrected chi connectivity index (χ3v) is 2.99. The van der Waals surface area contributed by atoms with Gasteiger partial charge in [-0.15, -0.1) is 0 Å². The lowest BCUT2D eigenvalue weighted by atomic mass is 10.1. The van der Waals surface area contributed by atoms with E-state index in [4.69, 9.17) is 9.47 Å². The molecule has 1 rings (SSSR count). The number of rotatable bonds is 10. The maximum Gasteiger partial charge on any atom is 0.249 e. The SMILES string of the molecule is CCCCCCCCOCOC1CCNC1=O. The summed E-state index contributed by atoms with van der Waals surface area (Å²) in [4.78, 5) is 11.1. The van der Waals surface area contributed by atoms with Crippen molar-refractivity contribution in [3.05, 3.63) is 0 Å². The predicted molar refractivity (Wildman–Crippen MR) is 66.7 cm³/mol. The Kier molecular flexibility index (Phi) is 8.01. The van der Waals surface area contributed by atoms with Gasteiger partial charge < -0.3 is 14.8 Å². The lowest BCUT2D eigenvalue weighted by molar-refractivity contribution is -0.139. The molecule has 1 amide bonds. The van der Waals surface area contributed by atoms with Gasteiger partial charge in [-0.3, -0.25) is 4.79 Å². The number of amides is 1. The van der Waals surface area contributed by atoms with Crippen LogP contribution >= 0.6 is 0 Å². The molecule has 0 aromatic carbocycles. The molecule has 17 heavy (non-hydrogen) atoms. The van der Waals surface area contributed by atoms with Crippen LogP contribution < -0.4 is 5.32 Å². The first-order valence-electron chi connectivity index (χ1n) is 6.81.